The molecule has 0 saturated carbocycles. The fraction of sp³-hybridized carbons (Fsp3) is 0.235. The van der Waals surface area contributed by atoms with Crippen molar-refractivity contribution >= 4 is 17.1 Å². The molecule has 0 unspecified atom stereocenters. The largest absolute Gasteiger partial charge is 0.207 e. The van der Waals surface area contributed by atoms with Crippen molar-refractivity contribution in [2.24, 2.45) is 0 Å². The van der Waals surface area contributed by atoms with E-state index in [9.17, 15) is 4.39 Å². The first-order valence-electron chi connectivity index (χ1n) is 6.20. The lowest BCUT2D eigenvalue weighted by atomic mass is 9.99. The number of hydrogen-bond donors (Lipinski definition) is 0. The Morgan fingerprint density at radius 3 is 2.26 bits per heavy atom. The first kappa shape index (κ1) is 15.5. The van der Waals surface area contributed by atoms with Gasteiger partial charge in [0, 0.05) is 4.86 Å². The maximum Gasteiger partial charge on any atom is 0.123 e. The highest BCUT2D eigenvalue weighted by molar-refractivity contribution is 7.80. The molecule has 0 aliphatic heterocycles. The van der Waals surface area contributed by atoms with Crippen molar-refractivity contribution in [3.8, 4) is 0 Å². The maximum atomic E-state index is 12.9. The van der Waals surface area contributed by atoms with E-state index >= 15 is 0 Å². The van der Waals surface area contributed by atoms with Crippen LogP contribution in [-0.2, 0) is 6.42 Å². The van der Waals surface area contributed by atoms with E-state index in [0.717, 1.165) is 33.6 Å². The quantitative estimate of drug-likeness (QED) is 0.403. The molecule has 0 nitrogen and oxygen atoms in total. The molecule has 0 spiro atoms. The Kier molecular flexibility index (Phi) is 5.84. The molecular formula is C17H19FS. The molecule has 0 bridgehead atoms. The van der Waals surface area contributed by atoms with Gasteiger partial charge in [-0.2, -0.15) is 0 Å². The van der Waals surface area contributed by atoms with Gasteiger partial charge in [0.2, 0.25) is 0 Å². The third kappa shape index (κ3) is 4.92. The van der Waals surface area contributed by atoms with Gasteiger partial charge in [-0.3, -0.25) is 0 Å². The van der Waals surface area contributed by atoms with Gasteiger partial charge >= 0.3 is 0 Å². The van der Waals surface area contributed by atoms with Crippen LogP contribution >= 0.6 is 12.2 Å². The van der Waals surface area contributed by atoms with Crippen molar-refractivity contribution in [1.82, 2.24) is 0 Å². The molecule has 0 N–H and O–H groups in total. The standard InChI is InChI=1S/C17H19FS/c1-5-16(13(3)10-12(2)14(4)19)11-15-6-8-17(18)9-7-15/h5-10H,1,11H2,2-4H3/b12-10+,16-13+. The lowest BCUT2D eigenvalue weighted by Gasteiger charge is -2.07. The Morgan fingerprint density at radius 1 is 1.21 bits per heavy atom. The summed E-state index contributed by atoms with van der Waals surface area (Å²) in [5.41, 5.74) is 4.43. The average molecular weight is 274 g/mol. The van der Waals surface area contributed by atoms with Gasteiger partial charge in [-0.05, 0) is 61.6 Å². The molecule has 2 heteroatoms. The zero-order valence-corrected chi connectivity index (χ0v) is 12.5. The van der Waals surface area contributed by atoms with Gasteiger partial charge in [0.25, 0.3) is 0 Å². The summed E-state index contributed by atoms with van der Waals surface area (Å²) in [5.74, 6) is -0.211. The molecule has 0 fully saturated rings. The number of thiocarbonyl (C=S) groups is 1. The molecule has 0 heterocycles. The van der Waals surface area contributed by atoms with Crippen LogP contribution in [0.3, 0.4) is 0 Å². The average Bonchev–Trinajstić information content (AvgIpc) is 2.37. The van der Waals surface area contributed by atoms with Crippen LogP contribution in [0.5, 0.6) is 0 Å². The smallest absolute Gasteiger partial charge is 0.123 e. The van der Waals surface area contributed by atoms with Crippen LogP contribution in [0.15, 0.2) is 59.7 Å². The van der Waals surface area contributed by atoms with Crippen molar-refractivity contribution in [3.05, 3.63) is 71.1 Å². The van der Waals surface area contributed by atoms with E-state index in [-0.39, 0.29) is 5.82 Å². The fourth-order valence-electron chi connectivity index (χ4n) is 1.71. The second-order valence-electron chi connectivity index (χ2n) is 4.60. The van der Waals surface area contributed by atoms with E-state index in [2.05, 4.69) is 12.7 Å². The lowest BCUT2D eigenvalue weighted by Crippen LogP contribution is -1.94. The van der Waals surface area contributed by atoms with E-state index < -0.39 is 0 Å². The molecule has 1 aromatic carbocycles. The highest BCUT2D eigenvalue weighted by Gasteiger charge is 2.01. The summed E-state index contributed by atoms with van der Waals surface area (Å²) in [6.07, 6.45) is 4.67. The number of halogens is 1. The lowest BCUT2D eigenvalue weighted by molar-refractivity contribution is 0.627. The Bertz CT molecular complexity index is 533. The van der Waals surface area contributed by atoms with Crippen molar-refractivity contribution < 1.29 is 4.39 Å². The first-order chi connectivity index (χ1) is 8.93. The van der Waals surface area contributed by atoms with Crippen molar-refractivity contribution in [3.63, 3.8) is 0 Å². The van der Waals surface area contributed by atoms with Crippen LogP contribution in [0, 0.1) is 5.82 Å². The summed E-state index contributed by atoms with van der Waals surface area (Å²) in [5, 5.41) is 0. The summed E-state index contributed by atoms with van der Waals surface area (Å²) >= 11 is 5.15. The second-order valence-corrected chi connectivity index (χ2v) is 5.21. The summed E-state index contributed by atoms with van der Waals surface area (Å²) in [7, 11) is 0. The molecule has 0 saturated heterocycles. The second kappa shape index (κ2) is 7.15. The van der Waals surface area contributed by atoms with Crippen molar-refractivity contribution in [1.29, 1.82) is 0 Å². The Morgan fingerprint density at radius 2 is 1.79 bits per heavy atom. The van der Waals surface area contributed by atoms with Crippen LogP contribution in [0.25, 0.3) is 0 Å². The van der Waals surface area contributed by atoms with E-state index in [1.54, 1.807) is 12.1 Å². The molecule has 19 heavy (non-hydrogen) atoms. The Labute approximate surface area is 120 Å². The minimum atomic E-state index is -0.211. The maximum absolute atomic E-state index is 12.9. The van der Waals surface area contributed by atoms with Gasteiger partial charge < -0.3 is 0 Å². The van der Waals surface area contributed by atoms with E-state index in [1.807, 2.05) is 26.8 Å². The SMILES string of the molecule is C=C/C(Cc1ccc(F)cc1)=C(C)\C=C(/C)C(C)=S. The monoisotopic (exact) mass is 274 g/mol. The van der Waals surface area contributed by atoms with Gasteiger partial charge in [0.05, 0.1) is 0 Å². The molecule has 1 aromatic rings. The fourth-order valence-corrected chi connectivity index (χ4v) is 1.77. The molecule has 100 valence electrons. The van der Waals surface area contributed by atoms with E-state index in [0.29, 0.717) is 0 Å². The normalized spacial score (nSPS) is 12.9. The third-order valence-electron chi connectivity index (χ3n) is 3.05. The van der Waals surface area contributed by atoms with Crippen molar-refractivity contribution in [2.45, 2.75) is 27.2 Å². The number of rotatable bonds is 5. The molecule has 0 radical (unpaired) electrons. The Hall–Kier alpha value is -1.54. The van der Waals surface area contributed by atoms with Crippen molar-refractivity contribution in [2.75, 3.05) is 0 Å². The van der Waals surface area contributed by atoms with E-state index in [1.165, 1.54) is 12.1 Å². The highest BCUT2D eigenvalue weighted by Crippen LogP contribution is 2.16. The van der Waals surface area contributed by atoms with Gasteiger partial charge in [-0.15, -0.1) is 0 Å². The first-order valence-corrected chi connectivity index (χ1v) is 6.60. The molecular weight excluding hydrogens is 255 g/mol. The molecule has 0 aliphatic rings. The summed E-state index contributed by atoms with van der Waals surface area (Å²) in [6, 6.07) is 6.56. The molecule has 0 amide bonds. The van der Waals surface area contributed by atoms with Crippen LogP contribution in [0.1, 0.15) is 26.3 Å². The zero-order valence-electron chi connectivity index (χ0n) is 11.7. The number of allylic oxidation sites excluding steroid dienone is 5. The zero-order chi connectivity index (χ0) is 14.4. The predicted octanol–water partition coefficient (Wildman–Crippen LogP) is 5.21. The summed E-state index contributed by atoms with van der Waals surface area (Å²) in [6.45, 7) is 9.82. The van der Waals surface area contributed by atoms with Crippen LogP contribution in [0.2, 0.25) is 0 Å². The predicted molar refractivity (Wildman–Crippen MR) is 85.0 cm³/mol. The van der Waals surface area contributed by atoms with Crippen LogP contribution in [-0.4, -0.2) is 4.86 Å². The summed E-state index contributed by atoms with van der Waals surface area (Å²) < 4.78 is 12.9. The van der Waals surface area contributed by atoms with Gasteiger partial charge in [-0.1, -0.05) is 43.1 Å². The number of benzene rings is 1. The van der Waals surface area contributed by atoms with Gasteiger partial charge in [-0.25, -0.2) is 4.39 Å². The topological polar surface area (TPSA) is 0 Å². The number of hydrogen-bond acceptors (Lipinski definition) is 1. The van der Waals surface area contributed by atoms with Gasteiger partial charge in [0.15, 0.2) is 0 Å². The molecule has 0 atom stereocenters. The molecule has 0 aromatic heterocycles. The third-order valence-corrected chi connectivity index (χ3v) is 3.37. The Balaban J connectivity index is 2.99. The minimum Gasteiger partial charge on any atom is -0.207 e. The summed E-state index contributed by atoms with van der Waals surface area (Å²) in [4.78, 5) is 0.893. The highest BCUT2D eigenvalue weighted by atomic mass is 32.1. The van der Waals surface area contributed by atoms with Gasteiger partial charge in [0.1, 0.15) is 5.82 Å². The molecule has 0 aliphatic carbocycles. The van der Waals surface area contributed by atoms with E-state index in [4.69, 9.17) is 12.2 Å². The molecule has 1 rings (SSSR count). The van der Waals surface area contributed by atoms with Crippen LogP contribution < -0.4 is 0 Å². The minimum absolute atomic E-state index is 0.211. The van der Waals surface area contributed by atoms with Crippen LogP contribution in [0.4, 0.5) is 4.39 Å².